The first-order valence-corrected chi connectivity index (χ1v) is 10.0. The summed E-state index contributed by atoms with van der Waals surface area (Å²) < 4.78 is 0. The molecule has 2 aromatic carbocycles. The van der Waals surface area contributed by atoms with Gasteiger partial charge in [0.2, 0.25) is 0 Å². The van der Waals surface area contributed by atoms with Crippen molar-refractivity contribution in [2.24, 2.45) is 4.99 Å². The molecule has 0 spiro atoms. The van der Waals surface area contributed by atoms with Crippen LogP contribution in [0.4, 0.5) is 0 Å². The highest BCUT2D eigenvalue weighted by atomic mass is 35.5. The summed E-state index contributed by atoms with van der Waals surface area (Å²) in [5.74, 6) is 0.695. The van der Waals surface area contributed by atoms with Gasteiger partial charge in [-0.2, -0.15) is 0 Å². The normalized spacial score (nSPS) is 15.0. The summed E-state index contributed by atoms with van der Waals surface area (Å²) in [5.41, 5.74) is 3.11. The molecule has 0 heterocycles. The lowest BCUT2D eigenvalue weighted by molar-refractivity contribution is 0.0955. The number of hydrogen-bond acceptors (Lipinski definition) is 2. The van der Waals surface area contributed by atoms with E-state index in [0.29, 0.717) is 18.7 Å². The molecule has 0 aliphatic heterocycles. The molecule has 1 aliphatic carbocycles. The van der Waals surface area contributed by atoms with E-state index in [2.05, 4.69) is 33.1 Å². The molecule has 3 N–H and O–H groups in total. The van der Waals surface area contributed by atoms with Gasteiger partial charge in [-0.15, -0.1) is 0 Å². The van der Waals surface area contributed by atoms with E-state index in [1.54, 1.807) is 7.05 Å². The lowest BCUT2D eigenvalue weighted by Gasteiger charge is -2.19. The Morgan fingerprint density at radius 1 is 1.11 bits per heavy atom. The molecule has 0 unspecified atom stereocenters. The minimum Gasteiger partial charge on any atom is -0.356 e. The maximum Gasteiger partial charge on any atom is 0.251 e. The van der Waals surface area contributed by atoms with Gasteiger partial charge < -0.3 is 16.0 Å². The molecule has 5 nitrogen and oxygen atoms in total. The Morgan fingerprint density at radius 3 is 2.57 bits per heavy atom. The first-order chi connectivity index (χ1) is 13.6. The fourth-order valence-corrected chi connectivity index (χ4v) is 3.47. The number of aliphatic imine (C=N–C) groups is 1. The van der Waals surface area contributed by atoms with Gasteiger partial charge in [0.05, 0.1) is 0 Å². The van der Waals surface area contributed by atoms with Crippen molar-refractivity contribution in [1.82, 2.24) is 16.0 Å². The molecule has 0 atom stereocenters. The quantitative estimate of drug-likeness (QED) is 0.494. The van der Waals surface area contributed by atoms with E-state index in [1.165, 1.54) is 5.56 Å². The predicted molar refractivity (Wildman–Crippen MR) is 115 cm³/mol. The standard InChI is InChI=1S/C22H27ClN4O/c1-3-25-20(28)17-7-4-6-16(12-17)14-26-21(24-2)27-15-22(10-11-22)18-8-5-9-19(23)13-18/h4-9,12-13H,3,10-11,14-15H2,1-2H3,(H,25,28)(H2,24,26,27). The first kappa shape index (κ1) is 20.2. The average molecular weight is 399 g/mol. The number of hydrogen-bond donors (Lipinski definition) is 3. The summed E-state index contributed by atoms with van der Waals surface area (Å²) >= 11 is 6.16. The molecule has 3 rings (SSSR count). The van der Waals surface area contributed by atoms with Crippen molar-refractivity contribution in [3.63, 3.8) is 0 Å². The Bertz CT molecular complexity index is 861. The Balaban J connectivity index is 1.56. The predicted octanol–water partition coefficient (Wildman–Crippen LogP) is 3.49. The monoisotopic (exact) mass is 398 g/mol. The number of nitrogens with zero attached hydrogens (tertiary/aromatic N) is 1. The Kier molecular flexibility index (Phi) is 6.57. The highest BCUT2D eigenvalue weighted by molar-refractivity contribution is 6.30. The summed E-state index contributed by atoms with van der Waals surface area (Å²) in [4.78, 5) is 16.3. The van der Waals surface area contributed by atoms with Crippen LogP contribution in [-0.2, 0) is 12.0 Å². The zero-order chi connectivity index (χ0) is 20.0. The van der Waals surface area contributed by atoms with Crippen LogP contribution in [0.2, 0.25) is 5.02 Å². The van der Waals surface area contributed by atoms with Gasteiger partial charge in [-0.25, -0.2) is 0 Å². The van der Waals surface area contributed by atoms with Gasteiger partial charge >= 0.3 is 0 Å². The fourth-order valence-electron chi connectivity index (χ4n) is 3.28. The van der Waals surface area contributed by atoms with Crippen LogP contribution in [0.15, 0.2) is 53.5 Å². The molecule has 148 valence electrons. The van der Waals surface area contributed by atoms with Crippen LogP contribution in [0.25, 0.3) is 0 Å². The average Bonchev–Trinajstić information content (AvgIpc) is 3.50. The third-order valence-corrected chi connectivity index (χ3v) is 5.33. The number of guanidine groups is 1. The van der Waals surface area contributed by atoms with E-state index in [4.69, 9.17) is 11.6 Å². The third-order valence-electron chi connectivity index (χ3n) is 5.09. The lowest BCUT2D eigenvalue weighted by atomic mass is 9.96. The van der Waals surface area contributed by atoms with Gasteiger partial charge in [-0.1, -0.05) is 35.9 Å². The van der Waals surface area contributed by atoms with Crippen LogP contribution < -0.4 is 16.0 Å². The minimum atomic E-state index is -0.0518. The zero-order valence-electron chi connectivity index (χ0n) is 16.4. The highest BCUT2D eigenvalue weighted by Crippen LogP contribution is 2.48. The lowest BCUT2D eigenvalue weighted by Crippen LogP contribution is -2.40. The SMILES string of the molecule is CCNC(=O)c1cccc(CNC(=NC)NCC2(c3cccc(Cl)c3)CC2)c1. The molecule has 1 amide bonds. The van der Waals surface area contributed by atoms with Crippen molar-refractivity contribution in [2.45, 2.75) is 31.7 Å². The summed E-state index contributed by atoms with van der Waals surface area (Å²) in [6.07, 6.45) is 2.29. The maximum absolute atomic E-state index is 12.0. The molecule has 0 aromatic heterocycles. The molecule has 28 heavy (non-hydrogen) atoms. The molecule has 0 bridgehead atoms. The van der Waals surface area contributed by atoms with Gasteiger partial charge in [0.25, 0.3) is 5.91 Å². The second-order valence-corrected chi connectivity index (χ2v) is 7.57. The van der Waals surface area contributed by atoms with E-state index in [1.807, 2.05) is 43.3 Å². The Morgan fingerprint density at radius 2 is 1.89 bits per heavy atom. The number of nitrogens with one attached hydrogen (secondary N) is 3. The van der Waals surface area contributed by atoms with Gasteiger partial charge in [-0.3, -0.25) is 9.79 Å². The van der Waals surface area contributed by atoms with Crippen molar-refractivity contribution in [3.8, 4) is 0 Å². The molecular weight excluding hydrogens is 372 g/mol. The third kappa shape index (κ3) is 5.04. The minimum absolute atomic E-state index is 0.0518. The maximum atomic E-state index is 12.0. The molecule has 0 saturated heterocycles. The molecule has 6 heteroatoms. The van der Waals surface area contributed by atoms with Crippen LogP contribution in [-0.4, -0.2) is 32.0 Å². The molecule has 1 saturated carbocycles. The zero-order valence-corrected chi connectivity index (χ0v) is 17.1. The number of rotatable bonds is 7. The number of halogens is 1. The molecule has 0 radical (unpaired) electrons. The topological polar surface area (TPSA) is 65.5 Å². The number of amides is 1. The Labute approximate surface area is 171 Å². The van der Waals surface area contributed by atoms with Gasteiger partial charge in [-0.05, 0) is 55.2 Å². The van der Waals surface area contributed by atoms with E-state index < -0.39 is 0 Å². The van der Waals surface area contributed by atoms with E-state index >= 15 is 0 Å². The largest absolute Gasteiger partial charge is 0.356 e. The van der Waals surface area contributed by atoms with Crippen molar-refractivity contribution in [3.05, 3.63) is 70.2 Å². The summed E-state index contributed by atoms with van der Waals surface area (Å²) in [7, 11) is 1.76. The fraction of sp³-hybridized carbons (Fsp3) is 0.364. The van der Waals surface area contributed by atoms with Crippen molar-refractivity contribution < 1.29 is 4.79 Å². The number of carbonyl (C=O) groups excluding carboxylic acids is 1. The summed E-state index contributed by atoms with van der Waals surface area (Å²) in [5, 5.41) is 10.4. The second-order valence-electron chi connectivity index (χ2n) is 7.13. The van der Waals surface area contributed by atoms with Crippen molar-refractivity contribution in [2.75, 3.05) is 20.1 Å². The van der Waals surface area contributed by atoms with Crippen LogP contribution in [0.5, 0.6) is 0 Å². The van der Waals surface area contributed by atoms with Crippen molar-refractivity contribution >= 4 is 23.5 Å². The van der Waals surface area contributed by atoms with E-state index in [9.17, 15) is 4.79 Å². The number of benzene rings is 2. The number of carbonyl (C=O) groups is 1. The first-order valence-electron chi connectivity index (χ1n) is 9.64. The molecule has 2 aromatic rings. The van der Waals surface area contributed by atoms with E-state index in [-0.39, 0.29) is 11.3 Å². The van der Waals surface area contributed by atoms with Crippen LogP contribution in [0, 0.1) is 0 Å². The summed E-state index contributed by atoms with van der Waals surface area (Å²) in [6.45, 7) is 3.93. The summed E-state index contributed by atoms with van der Waals surface area (Å²) in [6, 6.07) is 15.7. The smallest absolute Gasteiger partial charge is 0.251 e. The van der Waals surface area contributed by atoms with Crippen LogP contribution in [0.3, 0.4) is 0 Å². The van der Waals surface area contributed by atoms with Gasteiger partial charge in [0.1, 0.15) is 0 Å². The molecular formula is C22H27ClN4O. The molecule has 1 aliphatic rings. The van der Waals surface area contributed by atoms with Gasteiger partial charge in [0.15, 0.2) is 5.96 Å². The second kappa shape index (κ2) is 9.11. The van der Waals surface area contributed by atoms with E-state index in [0.717, 1.165) is 35.9 Å². The molecule has 1 fully saturated rings. The van der Waals surface area contributed by atoms with Gasteiger partial charge in [0, 0.05) is 42.7 Å². The Hall–Kier alpha value is -2.53. The van der Waals surface area contributed by atoms with Crippen molar-refractivity contribution in [1.29, 1.82) is 0 Å². The van der Waals surface area contributed by atoms with Crippen LogP contribution in [0.1, 0.15) is 41.3 Å². The highest BCUT2D eigenvalue weighted by Gasteiger charge is 2.44. The van der Waals surface area contributed by atoms with Crippen LogP contribution >= 0.6 is 11.6 Å².